The molecular weight excluding hydrogens is 398 g/mol. The van der Waals surface area contributed by atoms with Gasteiger partial charge in [-0.3, -0.25) is 9.69 Å². The Balaban J connectivity index is 1.19. The Labute approximate surface area is 188 Å². The molecule has 1 saturated heterocycles. The van der Waals surface area contributed by atoms with Crippen LogP contribution in [0.3, 0.4) is 0 Å². The van der Waals surface area contributed by atoms with Crippen LogP contribution >= 0.6 is 0 Å². The second-order valence-corrected chi connectivity index (χ2v) is 8.36. The number of carbonyl (C=O) groups excluding carboxylic acids is 1. The van der Waals surface area contributed by atoms with E-state index in [0.29, 0.717) is 11.7 Å². The molecule has 5 nitrogen and oxygen atoms in total. The molecule has 2 heterocycles. The van der Waals surface area contributed by atoms with Crippen molar-refractivity contribution in [2.45, 2.75) is 19.9 Å². The van der Waals surface area contributed by atoms with Crippen molar-refractivity contribution in [2.24, 2.45) is 0 Å². The number of aryl methyl sites for hydroxylation is 1. The molecule has 5 heteroatoms. The number of amides is 1. The van der Waals surface area contributed by atoms with Crippen LogP contribution in [0.1, 0.15) is 17.0 Å². The smallest absolute Gasteiger partial charge is 0.228 e. The average Bonchev–Trinajstić information content (AvgIpc) is 3.20. The van der Waals surface area contributed by atoms with Crippen LogP contribution in [0.15, 0.2) is 77.2 Å². The Morgan fingerprint density at radius 1 is 0.906 bits per heavy atom. The zero-order chi connectivity index (χ0) is 21.9. The molecule has 4 aromatic rings. The Bertz CT molecular complexity index is 1220. The van der Waals surface area contributed by atoms with E-state index in [-0.39, 0.29) is 12.3 Å². The van der Waals surface area contributed by atoms with E-state index in [4.69, 9.17) is 4.42 Å². The molecule has 0 radical (unpaired) electrons. The molecule has 0 aliphatic carbocycles. The fourth-order valence-electron chi connectivity index (χ4n) is 4.38. The Morgan fingerprint density at radius 3 is 2.44 bits per heavy atom. The van der Waals surface area contributed by atoms with Gasteiger partial charge in [0.25, 0.3) is 0 Å². The van der Waals surface area contributed by atoms with Gasteiger partial charge in [0, 0.05) is 38.3 Å². The summed E-state index contributed by atoms with van der Waals surface area (Å²) in [6.45, 7) is 6.03. The van der Waals surface area contributed by atoms with Gasteiger partial charge < -0.3 is 9.32 Å². The highest BCUT2D eigenvalue weighted by Crippen LogP contribution is 2.23. The molecule has 0 spiro atoms. The molecule has 0 unspecified atom stereocenters. The summed E-state index contributed by atoms with van der Waals surface area (Å²) in [5.74, 6) is 1.41. The Kier molecular flexibility index (Phi) is 5.73. The van der Waals surface area contributed by atoms with Crippen LogP contribution in [0.25, 0.3) is 22.2 Å². The van der Waals surface area contributed by atoms with Crippen LogP contribution in [0.4, 0.5) is 0 Å². The number of aromatic nitrogens is 1. The average molecular weight is 426 g/mol. The topological polar surface area (TPSA) is 49.6 Å². The summed E-state index contributed by atoms with van der Waals surface area (Å²) >= 11 is 0. The van der Waals surface area contributed by atoms with Gasteiger partial charge in [-0.05, 0) is 35.4 Å². The highest BCUT2D eigenvalue weighted by molar-refractivity contribution is 5.85. The van der Waals surface area contributed by atoms with Gasteiger partial charge in [0.15, 0.2) is 0 Å². The fraction of sp³-hybridized carbons (Fsp3) is 0.259. The predicted molar refractivity (Wildman–Crippen MR) is 126 cm³/mol. The molecule has 1 amide bonds. The number of hydrogen-bond donors (Lipinski definition) is 0. The van der Waals surface area contributed by atoms with E-state index < -0.39 is 0 Å². The van der Waals surface area contributed by atoms with Crippen molar-refractivity contribution in [3.05, 3.63) is 89.8 Å². The van der Waals surface area contributed by atoms with Gasteiger partial charge in [-0.2, -0.15) is 0 Å². The van der Waals surface area contributed by atoms with Crippen LogP contribution in [-0.4, -0.2) is 46.9 Å². The van der Waals surface area contributed by atoms with Crippen molar-refractivity contribution in [2.75, 3.05) is 26.2 Å². The number of piperazine rings is 1. The lowest BCUT2D eigenvalue weighted by Gasteiger charge is -2.35. The van der Waals surface area contributed by atoms with Gasteiger partial charge in [-0.1, -0.05) is 60.7 Å². The summed E-state index contributed by atoms with van der Waals surface area (Å²) in [6.07, 6.45) is 0.283. The van der Waals surface area contributed by atoms with E-state index in [1.165, 1.54) is 16.3 Å². The van der Waals surface area contributed by atoms with Gasteiger partial charge >= 0.3 is 0 Å². The van der Waals surface area contributed by atoms with Crippen molar-refractivity contribution in [3.8, 4) is 11.5 Å². The van der Waals surface area contributed by atoms with E-state index in [9.17, 15) is 4.79 Å². The summed E-state index contributed by atoms with van der Waals surface area (Å²) in [5, 5.41) is 2.58. The number of oxazole rings is 1. The zero-order valence-electron chi connectivity index (χ0n) is 18.3. The largest absolute Gasteiger partial charge is 0.441 e. The van der Waals surface area contributed by atoms with Gasteiger partial charge in [0.05, 0.1) is 12.1 Å². The Morgan fingerprint density at radius 2 is 1.62 bits per heavy atom. The highest BCUT2D eigenvalue weighted by Gasteiger charge is 2.23. The number of carbonyl (C=O) groups is 1. The van der Waals surface area contributed by atoms with Crippen molar-refractivity contribution < 1.29 is 9.21 Å². The van der Waals surface area contributed by atoms with E-state index in [2.05, 4.69) is 52.3 Å². The first-order chi connectivity index (χ1) is 15.7. The minimum Gasteiger partial charge on any atom is -0.441 e. The number of benzene rings is 3. The lowest BCUT2D eigenvalue weighted by Crippen LogP contribution is -2.48. The molecule has 5 rings (SSSR count). The van der Waals surface area contributed by atoms with Crippen LogP contribution in [0.2, 0.25) is 0 Å². The molecule has 0 N–H and O–H groups in total. The number of nitrogens with zero attached hydrogens (tertiary/aromatic N) is 3. The molecular formula is C27H27N3O2. The van der Waals surface area contributed by atoms with Crippen molar-refractivity contribution in [1.29, 1.82) is 0 Å². The molecule has 1 fully saturated rings. The van der Waals surface area contributed by atoms with Crippen LogP contribution in [0, 0.1) is 6.92 Å². The minimum atomic E-state index is 0.117. The van der Waals surface area contributed by atoms with E-state index in [1.807, 2.05) is 42.2 Å². The SMILES string of the molecule is Cc1oc(-c2ccccc2)nc1CC(=O)N1CCN(Cc2cccc3ccccc23)CC1. The number of fused-ring (bicyclic) bond motifs is 1. The first-order valence-corrected chi connectivity index (χ1v) is 11.2. The van der Waals surface area contributed by atoms with Crippen molar-refractivity contribution >= 4 is 16.7 Å². The lowest BCUT2D eigenvalue weighted by atomic mass is 10.0. The summed E-state index contributed by atoms with van der Waals surface area (Å²) in [6, 6.07) is 24.8. The summed E-state index contributed by atoms with van der Waals surface area (Å²) < 4.78 is 5.82. The fourth-order valence-corrected chi connectivity index (χ4v) is 4.38. The van der Waals surface area contributed by atoms with Crippen LogP contribution in [-0.2, 0) is 17.8 Å². The number of rotatable bonds is 5. The molecule has 1 aliphatic heterocycles. The van der Waals surface area contributed by atoms with Crippen LogP contribution < -0.4 is 0 Å². The first-order valence-electron chi connectivity index (χ1n) is 11.2. The molecule has 1 aromatic heterocycles. The van der Waals surface area contributed by atoms with Crippen molar-refractivity contribution in [3.63, 3.8) is 0 Å². The summed E-state index contributed by atoms with van der Waals surface area (Å²) in [5.41, 5.74) is 3.00. The van der Waals surface area contributed by atoms with E-state index >= 15 is 0 Å². The summed E-state index contributed by atoms with van der Waals surface area (Å²) in [4.78, 5) is 21.9. The molecule has 0 saturated carbocycles. The lowest BCUT2D eigenvalue weighted by molar-refractivity contribution is -0.132. The van der Waals surface area contributed by atoms with Gasteiger partial charge in [-0.15, -0.1) is 0 Å². The van der Waals surface area contributed by atoms with Gasteiger partial charge in [0.2, 0.25) is 11.8 Å². The number of hydrogen-bond acceptors (Lipinski definition) is 4. The zero-order valence-corrected chi connectivity index (χ0v) is 18.3. The first kappa shape index (κ1) is 20.5. The maximum absolute atomic E-state index is 12.9. The third-order valence-corrected chi connectivity index (χ3v) is 6.23. The molecule has 0 bridgehead atoms. The minimum absolute atomic E-state index is 0.117. The molecule has 3 aromatic carbocycles. The molecule has 32 heavy (non-hydrogen) atoms. The third kappa shape index (κ3) is 4.30. The molecule has 0 atom stereocenters. The normalized spacial score (nSPS) is 14.7. The quantitative estimate of drug-likeness (QED) is 0.465. The van der Waals surface area contributed by atoms with E-state index in [1.54, 1.807) is 0 Å². The van der Waals surface area contributed by atoms with Crippen LogP contribution in [0.5, 0.6) is 0 Å². The van der Waals surface area contributed by atoms with Gasteiger partial charge in [0.1, 0.15) is 5.76 Å². The second kappa shape index (κ2) is 8.97. The van der Waals surface area contributed by atoms with E-state index in [0.717, 1.165) is 44.0 Å². The Hall–Kier alpha value is -3.44. The van der Waals surface area contributed by atoms with Gasteiger partial charge in [-0.25, -0.2) is 4.98 Å². The summed E-state index contributed by atoms with van der Waals surface area (Å²) in [7, 11) is 0. The monoisotopic (exact) mass is 425 g/mol. The van der Waals surface area contributed by atoms with Crippen molar-refractivity contribution in [1.82, 2.24) is 14.8 Å². The highest BCUT2D eigenvalue weighted by atomic mass is 16.4. The molecule has 162 valence electrons. The predicted octanol–water partition coefficient (Wildman–Crippen LogP) is 4.69. The molecule has 1 aliphatic rings. The third-order valence-electron chi connectivity index (χ3n) is 6.23. The second-order valence-electron chi connectivity index (χ2n) is 8.36. The maximum Gasteiger partial charge on any atom is 0.228 e. The maximum atomic E-state index is 12.9. The standard InChI is InChI=1S/C27H27N3O2/c1-20-25(28-27(32-20)22-9-3-2-4-10-22)18-26(31)30-16-14-29(15-17-30)19-23-12-7-11-21-8-5-6-13-24(21)23/h2-13H,14-19H2,1H3.